The Morgan fingerprint density at radius 2 is 1.97 bits per heavy atom. The second-order valence-electron chi connectivity index (χ2n) is 8.16. The Morgan fingerprint density at radius 1 is 1.15 bits per heavy atom. The summed E-state index contributed by atoms with van der Waals surface area (Å²) >= 11 is 0. The molecule has 2 atom stereocenters. The molecule has 0 unspecified atom stereocenters. The van der Waals surface area contributed by atoms with Crippen molar-refractivity contribution in [3.63, 3.8) is 0 Å². The molecule has 0 spiro atoms. The largest absolute Gasteiger partial charge is 0.420 e. The molecule has 12 heteroatoms. The fourth-order valence-corrected chi connectivity index (χ4v) is 4.25. The number of anilines is 1. The van der Waals surface area contributed by atoms with Crippen molar-refractivity contribution < 1.29 is 17.7 Å². The second kappa shape index (κ2) is 7.80. The summed E-state index contributed by atoms with van der Waals surface area (Å²) in [6.45, 7) is 3.55. The highest BCUT2D eigenvalue weighted by atomic mass is 19.4. The molecule has 9 nitrogen and oxygen atoms in total. The van der Waals surface area contributed by atoms with Gasteiger partial charge in [-0.3, -0.25) is 5.10 Å². The normalized spacial score (nSPS) is 18.8. The lowest BCUT2D eigenvalue weighted by Gasteiger charge is -2.18. The summed E-state index contributed by atoms with van der Waals surface area (Å²) in [7, 11) is 0. The summed E-state index contributed by atoms with van der Waals surface area (Å²) in [6, 6.07) is 3.16. The first kappa shape index (κ1) is 21.3. The Kier molecular flexibility index (Phi) is 5.04. The van der Waals surface area contributed by atoms with Gasteiger partial charge in [0.2, 0.25) is 5.95 Å². The summed E-state index contributed by atoms with van der Waals surface area (Å²) in [4.78, 5) is 12.6. The maximum absolute atomic E-state index is 13.8. The van der Waals surface area contributed by atoms with Crippen LogP contribution in [0.3, 0.4) is 0 Å². The molecule has 0 bridgehead atoms. The number of nitrogens with two attached hydrogens (primary N) is 1. The van der Waals surface area contributed by atoms with Crippen molar-refractivity contribution in [2.45, 2.75) is 51.4 Å². The number of fused-ring (bicyclic) bond motifs is 1. The molecule has 1 aliphatic rings. The zero-order chi connectivity index (χ0) is 23.3. The van der Waals surface area contributed by atoms with Crippen molar-refractivity contribution in [2.24, 2.45) is 5.73 Å². The molecule has 0 aromatic carbocycles. The third-order valence-electron chi connectivity index (χ3n) is 5.92. The zero-order valence-corrected chi connectivity index (χ0v) is 17.9. The van der Waals surface area contributed by atoms with Gasteiger partial charge in [-0.25, -0.2) is 15.0 Å². The van der Waals surface area contributed by atoms with Gasteiger partial charge < -0.3 is 15.6 Å². The molecule has 1 saturated carbocycles. The molecule has 0 saturated heterocycles. The molecule has 172 valence electrons. The molecule has 0 aliphatic heterocycles. The van der Waals surface area contributed by atoms with E-state index >= 15 is 0 Å². The number of rotatable bonds is 4. The number of hydrogen-bond donors (Lipinski definition) is 3. The van der Waals surface area contributed by atoms with E-state index in [0.717, 1.165) is 31.0 Å². The molecule has 5 rings (SSSR count). The predicted molar refractivity (Wildman–Crippen MR) is 114 cm³/mol. The molecular formula is C21H21F3N8O. The smallest absolute Gasteiger partial charge is 0.361 e. The monoisotopic (exact) mass is 458 g/mol. The molecule has 0 amide bonds. The van der Waals surface area contributed by atoms with E-state index in [0.29, 0.717) is 28.2 Å². The van der Waals surface area contributed by atoms with Gasteiger partial charge in [-0.15, -0.1) is 0 Å². The van der Waals surface area contributed by atoms with E-state index in [4.69, 9.17) is 10.3 Å². The van der Waals surface area contributed by atoms with Crippen LogP contribution < -0.4 is 11.1 Å². The molecule has 0 radical (unpaired) electrons. The minimum Gasteiger partial charge on any atom is -0.361 e. The lowest BCUT2D eigenvalue weighted by Crippen LogP contribution is -2.35. The summed E-state index contributed by atoms with van der Waals surface area (Å²) < 4.78 is 46.6. The van der Waals surface area contributed by atoms with E-state index in [1.165, 1.54) is 0 Å². The standard InChI is InChI=1S/C21H21F3N8O/c1-9-16(10(2)33-32-9)15-7-6-11-17(30-31-19(11)27-15)18-12(21(22,23)24)8-26-20(29-18)28-14-5-3-4-13(14)25/h6-8,13-14H,3-5,25H2,1-2H3,(H,26,28,29)(H,27,30,31)/t13-,14-/m0/s1. The zero-order valence-electron chi connectivity index (χ0n) is 17.9. The van der Waals surface area contributed by atoms with Crippen LogP contribution in [-0.4, -0.2) is 42.4 Å². The van der Waals surface area contributed by atoms with Gasteiger partial charge in [0.05, 0.1) is 17.0 Å². The van der Waals surface area contributed by atoms with E-state index < -0.39 is 11.7 Å². The Hall–Kier alpha value is -3.54. The van der Waals surface area contributed by atoms with Gasteiger partial charge >= 0.3 is 6.18 Å². The van der Waals surface area contributed by atoms with Crippen LogP contribution in [0.15, 0.2) is 22.9 Å². The molecule has 4 heterocycles. The maximum atomic E-state index is 13.8. The third kappa shape index (κ3) is 3.80. The van der Waals surface area contributed by atoms with E-state index in [-0.39, 0.29) is 29.4 Å². The van der Waals surface area contributed by atoms with Gasteiger partial charge in [-0.2, -0.15) is 18.3 Å². The highest BCUT2D eigenvalue weighted by Gasteiger charge is 2.37. The van der Waals surface area contributed by atoms with Crippen molar-refractivity contribution in [1.29, 1.82) is 0 Å². The van der Waals surface area contributed by atoms with Gasteiger partial charge in [0.1, 0.15) is 22.7 Å². The highest BCUT2D eigenvalue weighted by Crippen LogP contribution is 2.38. The van der Waals surface area contributed by atoms with Crippen LogP contribution in [0.25, 0.3) is 33.7 Å². The number of hydrogen-bond acceptors (Lipinski definition) is 8. The number of aryl methyl sites for hydroxylation is 2. The van der Waals surface area contributed by atoms with E-state index in [1.807, 2.05) is 0 Å². The SMILES string of the molecule is Cc1noc(C)c1-c1ccc2c(-c3nc(N[C@H]4CCC[C@@H]4N)ncc3C(F)(F)F)n[nH]c2n1. The molecule has 4 aromatic heterocycles. The van der Waals surface area contributed by atoms with Crippen LogP contribution in [0, 0.1) is 13.8 Å². The number of H-pyrrole nitrogens is 1. The summed E-state index contributed by atoms with van der Waals surface area (Å²) in [5, 5.41) is 14.2. The van der Waals surface area contributed by atoms with Gasteiger partial charge in [-0.1, -0.05) is 5.16 Å². The topological polar surface area (TPSA) is 131 Å². The average molecular weight is 458 g/mol. The van der Waals surface area contributed by atoms with Crippen molar-refractivity contribution in [3.8, 4) is 22.6 Å². The van der Waals surface area contributed by atoms with Gasteiger partial charge in [0, 0.05) is 23.7 Å². The number of aromatic amines is 1. The number of pyridine rings is 1. The molecule has 1 fully saturated rings. The van der Waals surface area contributed by atoms with Crippen LogP contribution >= 0.6 is 0 Å². The summed E-state index contributed by atoms with van der Waals surface area (Å²) in [5.41, 5.74) is 7.09. The quantitative estimate of drug-likeness (QED) is 0.418. The van der Waals surface area contributed by atoms with Gasteiger partial charge in [-0.05, 0) is 45.2 Å². The lowest BCUT2D eigenvalue weighted by atomic mass is 10.1. The number of nitrogens with zero attached hydrogens (tertiary/aromatic N) is 5. The number of alkyl halides is 3. The van der Waals surface area contributed by atoms with Crippen LogP contribution in [0.2, 0.25) is 0 Å². The van der Waals surface area contributed by atoms with Crippen LogP contribution in [0.1, 0.15) is 36.3 Å². The summed E-state index contributed by atoms with van der Waals surface area (Å²) in [6.07, 6.45) is -1.30. The van der Waals surface area contributed by atoms with Crippen LogP contribution in [-0.2, 0) is 6.18 Å². The first-order chi connectivity index (χ1) is 15.7. The summed E-state index contributed by atoms with van der Waals surface area (Å²) in [5.74, 6) is 0.673. The maximum Gasteiger partial charge on any atom is 0.420 e. The number of nitrogens with one attached hydrogen (secondary N) is 2. The van der Waals surface area contributed by atoms with Crippen LogP contribution in [0.5, 0.6) is 0 Å². The number of aromatic nitrogens is 6. The molecule has 4 aromatic rings. The van der Waals surface area contributed by atoms with Crippen LogP contribution in [0.4, 0.5) is 19.1 Å². The minimum atomic E-state index is -4.66. The molecule has 4 N–H and O–H groups in total. The highest BCUT2D eigenvalue weighted by molar-refractivity contribution is 5.92. The molecular weight excluding hydrogens is 437 g/mol. The Balaban J connectivity index is 1.59. The minimum absolute atomic E-state index is 0.0382. The van der Waals surface area contributed by atoms with Crippen molar-refractivity contribution in [2.75, 3.05) is 5.32 Å². The van der Waals surface area contributed by atoms with Gasteiger partial charge in [0.25, 0.3) is 0 Å². The predicted octanol–water partition coefficient (Wildman–Crippen LogP) is 4.00. The Bertz CT molecular complexity index is 1310. The third-order valence-corrected chi connectivity index (χ3v) is 5.92. The fourth-order valence-electron chi connectivity index (χ4n) is 4.25. The van der Waals surface area contributed by atoms with Gasteiger partial charge in [0.15, 0.2) is 5.65 Å². The van der Waals surface area contributed by atoms with E-state index in [1.54, 1.807) is 26.0 Å². The Morgan fingerprint density at radius 3 is 2.64 bits per heavy atom. The van der Waals surface area contributed by atoms with E-state index in [2.05, 4.69) is 35.6 Å². The van der Waals surface area contributed by atoms with Crippen molar-refractivity contribution in [1.82, 2.24) is 30.3 Å². The molecule has 33 heavy (non-hydrogen) atoms. The van der Waals surface area contributed by atoms with Crippen molar-refractivity contribution in [3.05, 3.63) is 35.3 Å². The fraction of sp³-hybridized carbons (Fsp3) is 0.381. The lowest BCUT2D eigenvalue weighted by molar-refractivity contribution is -0.137. The second-order valence-corrected chi connectivity index (χ2v) is 8.16. The average Bonchev–Trinajstić information content (AvgIpc) is 3.46. The first-order valence-electron chi connectivity index (χ1n) is 10.5. The van der Waals surface area contributed by atoms with Crippen molar-refractivity contribution >= 4 is 17.0 Å². The first-order valence-corrected chi connectivity index (χ1v) is 10.5. The Labute approximate surface area is 186 Å². The molecule has 1 aliphatic carbocycles. The van der Waals surface area contributed by atoms with E-state index in [9.17, 15) is 13.2 Å². The number of halogens is 3.